The Hall–Kier alpha value is -2.21. The summed E-state index contributed by atoms with van der Waals surface area (Å²) in [5.41, 5.74) is 1.65. The van der Waals surface area contributed by atoms with Crippen molar-refractivity contribution in [3.8, 4) is 0 Å². The van der Waals surface area contributed by atoms with Crippen LogP contribution in [0.3, 0.4) is 0 Å². The molecular weight excluding hydrogens is 538 g/mol. The van der Waals surface area contributed by atoms with Crippen LogP contribution in [0.2, 0.25) is 0 Å². The van der Waals surface area contributed by atoms with Crippen LogP contribution in [0, 0.1) is 52.3 Å². The van der Waals surface area contributed by atoms with Gasteiger partial charge in [0.25, 0.3) is 0 Å². The number of hydrogen-bond acceptors (Lipinski definition) is 5. The summed E-state index contributed by atoms with van der Waals surface area (Å²) in [5.74, 6) is 3.69. The number of ketones is 1. The first-order chi connectivity index (χ1) is 20.5. The number of fused-ring (bicyclic) bond motifs is 7. The maximum Gasteiger partial charge on any atom is 0.328 e. The minimum atomic E-state index is -0.693. The lowest BCUT2D eigenvalue weighted by Crippen LogP contribution is -2.54. The zero-order chi connectivity index (χ0) is 30.5. The largest absolute Gasteiger partial charge is 0.467 e. The summed E-state index contributed by atoms with van der Waals surface area (Å²) in [5, 5.41) is 2.96. The van der Waals surface area contributed by atoms with Gasteiger partial charge < -0.3 is 14.8 Å². The summed E-state index contributed by atoms with van der Waals surface area (Å²) < 4.78 is 11.9. The van der Waals surface area contributed by atoms with Crippen molar-refractivity contribution in [2.24, 2.45) is 52.3 Å². The summed E-state index contributed by atoms with van der Waals surface area (Å²) in [6.07, 6.45) is 11.5. The van der Waals surface area contributed by atoms with E-state index in [0.29, 0.717) is 46.9 Å². The molecule has 43 heavy (non-hydrogen) atoms. The van der Waals surface area contributed by atoms with E-state index in [1.165, 1.54) is 39.2 Å². The molecule has 6 rings (SSSR count). The fraction of sp³-hybridized carbons (Fsp3) is 0.757. The minimum absolute atomic E-state index is 0.101. The van der Waals surface area contributed by atoms with Crippen LogP contribution in [0.4, 0.5) is 0 Å². The highest BCUT2D eigenvalue weighted by Crippen LogP contribution is 2.69. The van der Waals surface area contributed by atoms with Gasteiger partial charge >= 0.3 is 5.97 Å². The fourth-order valence-corrected chi connectivity index (χ4v) is 11.1. The van der Waals surface area contributed by atoms with Gasteiger partial charge in [-0.05, 0) is 103 Å². The summed E-state index contributed by atoms with van der Waals surface area (Å²) in [4.78, 5) is 37.9. The number of Topliss-reactive ketones (excluding diaryl/α,β-unsaturated/α-hetero) is 1. The summed E-state index contributed by atoms with van der Waals surface area (Å²) in [7, 11) is 1.37. The molecule has 0 aromatic heterocycles. The first-order valence-electron chi connectivity index (χ1n) is 17.1. The molecule has 1 amide bonds. The van der Waals surface area contributed by atoms with E-state index in [1.54, 1.807) is 0 Å². The second-order valence-corrected chi connectivity index (χ2v) is 15.5. The Morgan fingerprint density at radius 1 is 1.07 bits per heavy atom. The Morgan fingerprint density at radius 2 is 1.84 bits per heavy atom. The van der Waals surface area contributed by atoms with Crippen LogP contribution < -0.4 is 5.32 Å². The van der Waals surface area contributed by atoms with E-state index in [1.807, 2.05) is 37.3 Å². The number of carbonyl (C=O) groups excluding carboxylic acids is 3. The maximum atomic E-state index is 13.2. The van der Waals surface area contributed by atoms with Crippen LogP contribution in [-0.4, -0.2) is 43.0 Å². The molecule has 1 saturated heterocycles. The van der Waals surface area contributed by atoms with Gasteiger partial charge in [-0.2, -0.15) is 0 Å². The topological polar surface area (TPSA) is 81.7 Å². The molecular formula is C37H53NO5. The van der Waals surface area contributed by atoms with Crippen LogP contribution in [0.5, 0.6) is 0 Å². The predicted octanol–water partition coefficient (Wildman–Crippen LogP) is 6.54. The molecule has 0 radical (unpaired) electrons. The van der Waals surface area contributed by atoms with Crippen molar-refractivity contribution in [1.29, 1.82) is 0 Å². The van der Waals surface area contributed by atoms with Gasteiger partial charge in [0.15, 0.2) is 0 Å². The van der Waals surface area contributed by atoms with E-state index in [-0.39, 0.29) is 17.9 Å². The van der Waals surface area contributed by atoms with Crippen molar-refractivity contribution in [3.63, 3.8) is 0 Å². The third-order valence-corrected chi connectivity index (χ3v) is 13.5. The quantitative estimate of drug-likeness (QED) is 0.347. The molecule has 236 valence electrons. The molecule has 1 aromatic rings. The molecule has 6 heteroatoms. The number of hydrogen-bond donors (Lipinski definition) is 1. The molecule has 4 aliphatic carbocycles. The summed E-state index contributed by atoms with van der Waals surface area (Å²) in [6, 6.07) is 9.04. The second-order valence-electron chi connectivity index (χ2n) is 15.5. The number of esters is 1. The highest BCUT2D eigenvalue weighted by molar-refractivity contribution is 5.85. The molecule has 0 spiro atoms. The van der Waals surface area contributed by atoms with Crippen molar-refractivity contribution < 1.29 is 23.9 Å². The highest BCUT2D eigenvalue weighted by atomic mass is 16.5. The standard InChI is InChI=1S/C37H53NO5/c1-22(34(40)38-30(35(41)42-5)19-24-9-7-6-8-10-24)11-14-31-23(2)33-32(43-31)21-29-27-13-12-25-20-26(39)15-17-36(25,3)28(27)16-18-37(29,33)4/h6-10,22-23,25,27-33H,11-21H2,1-5H3,(H,38,40)/t22-,23+,25+,27+,28-,29-,30?,31+,32-,33-,36-,37-/m0/s1. The summed E-state index contributed by atoms with van der Waals surface area (Å²) in [6.45, 7) is 9.47. The van der Waals surface area contributed by atoms with Gasteiger partial charge in [0.2, 0.25) is 5.91 Å². The minimum Gasteiger partial charge on any atom is -0.467 e. The van der Waals surface area contributed by atoms with Crippen LogP contribution in [0.25, 0.3) is 0 Å². The number of rotatable bonds is 8. The Bertz CT molecular complexity index is 1200. The van der Waals surface area contributed by atoms with Crippen LogP contribution in [0.15, 0.2) is 30.3 Å². The van der Waals surface area contributed by atoms with Gasteiger partial charge in [0, 0.05) is 25.2 Å². The molecule has 5 aliphatic rings. The first kappa shape index (κ1) is 30.8. The second kappa shape index (κ2) is 11.9. The van der Waals surface area contributed by atoms with Crippen molar-refractivity contribution in [3.05, 3.63) is 35.9 Å². The van der Waals surface area contributed by atoms with Gasteiger partial charge in [-0.3, -0.25) is 9.59 Å². The number of amides is 1. The lowest BCUT2D eigenvalue weighted by Gasteiger charge is -2.60. The normalized spacial score (nSPS) is 41.3. The Kier molecular flexibility index (Phi) is 8.56. The van der Waals surface area contributed by atoms with Crippen LogP contribution in [-0.2, 0) is 30.3 Å². The number of benzene rings is 1. The third-order valence-electron chi connectivity index (χ3n) is 13.5. The molecule has 0 bridgehead atoms. The van der Waals surface area contributed by atoms with Gasteiger partial charge in [-0.1, -0.05) is 58.0 Å². The lowest BCUT2D eigenvalue weighted by molar-refractivity contribution is -0.145. The van der Waals surface area contributed by atoms with E-state index >= 15 is 0 Å². The van der Waals surface area contributed by atoms with Crippen LogP contribution >= 0.6 is 0 Å². The molecule has 1 heterocycles. The lowest BCUT2D eigenvalue weighted by atomic mass is 9.44. The predicted molar refractivity (Wildman–Crippen MR) is 166 cm³/mol. The molecule has 1 unspecified atom stereocenters. The SMILES string of the molecule is COC(=O)C(Cc1ccccc1)NC(=O)[C@@H](C)CC[C@H]1O[C@H]2C[C@H]3[C@@H]4CC[C@@H]5CC(=O)CC[C@]5(C)[C@H]4CC[C@]3(C)[C@H]2[C@@H]1C. The van der Waals surface area contributed by atoms with Crippen molar-refractivity contribution in [2.45, 2.75) is 117 Å². The van der Waals surface area contributed by atoms with E-state index in [2.05, 4.69) is 26.1 Å². The van der Waals surface area contributed by atoms with Gasteiger partial charge in [0.1, 0.15) is 11.8 Å². The number of nitrogens with one attached hydrogen (secondary N) is 1. The number of methoxy groups -OCH3 is 1. The molecule has 6 nitrogen and oxygen atoms in total. The van der Waals surface area contributed by atoms with E-state index < -0.39 is 12.0 Å². The molecule has 5 fully saturated rings. The molecule has 1 aromatic carbocycles. The summed E-state index contributed by atoms with van der Waals surface area (Å²) >= 11 is 0. The highest BCUT2D eigenvalue weighted by Gasteiger charge is 2.65. The Labute approximate surface area is 258 Å². The van der Waals surface area contributed by atoms with Crippen molar-refractivity contribution >= 4 is 17.7 Å². The molecule has 12 atom stereocenters. The van der Waals surface area contributed by atoms with E-state index in [9.17, 15) is 14.4 Å². The van der Waals surface area contributed by atoms with Gasteiger partial charge in [0.05, 0.1) is 19.3 Å². The zero-order valence-electron chi connectivity index (χ0n) is 27.0. The molecule has 4 saturated carbocycles. The maximum absolute atomic E-state index is 13.2. The van der Waals surface area contributed by atoms with Crippen molar-refractivity contribution in [1.82, 2.24) is 5.32 Å². The fourth-order valence-electron chi connectivity index (χ4n) is 11.1. The van der Waals surface area contributed by atoms with Crippen LogP contribution in [0.1, 0.15) is 97.5 Å². The monoisotopic (exact) mass is 591 g/mol. The average molecular weight is 592 g/mol. The average Bonchev–Trinajstić information content (AvgIpc) is 3.48. The third kappa shape index (κ3) is 5.48. The smallest absolute Gasteiger partial charge is 0.328 e. The van der Waals surface area contributed by atoms with E-state index in [4.69, 9.17) is 9.47 Å². The van der Waals surface area contributed by atoms with Gasteiger partial charge in [-0.25, -0.2) is 4.79 Å². The van der Waals surface area contributed by atoms with Crippen molar-refractivity contribution in [2.75, 3.05) is 7.11 Å². The Balaban J connectivity index is 1.05. The number of ether oxygens (including phenoxy) is 2. The zero-order valence-corrected chi connectivity index (χ0v) is 27.0. The molecule has 1 N–H and O–H groups in total. The Morgan fingerprint density at radius 3 is 2.58 bits per heavy atom. The number of carbonyl (C=O) groups is 3. The first-order valence-corrected chi connectivity index (χ1v) is 17.1. The molecule has 1 aliphatic heterocycles. The van der Waals surface area contributed by atoms with E-state index in [0.717, 1.165) is 55.4 Å². The van der Waals surface area contributed by atoms with Gasteiger partial charge in [-0.15, -0.1) is 0 Å².